The molecule has 0 spiro atoms. The molecule has 6 heterocycles. The fourth-order valence-electron chi connectivity index (χ4n) is 10.5. The van der Waals surface area contributed by atoms with Gasteiger partial charge in [-0.25, -0.2) is 18.7 Å². The van der Waals surface area contributed by atoms with Gasteiger partial charge in [0.1, 0.15) is 36.1 Å². The zero-order valence-electron chi connectivity index (χ0n) is 36.2. The number of hydrogen-bond acceptors (Lipinski definition) is 6. The summed E-state index contributed by atoms with van der Waals surface area (Å²) < 4.78 is 30.4. The lowest BCUT2D eigenvalue weighted by Gasteiger charge is -2.37. The molecule has 10 rings (SSSR count). The zero-order chi connectivity index (χ0) is 43.6. The van der Waals surface area contributed by atoms with Crippen molar-refractivity contribution >= 4 is 11.8 Å². The minimum absolute atomic E-state index is 0.0555. The molecule has 4 aliphatic rings. The standard InChI is InChI=1S/C52H56F2N8O2/c53-41-29-45(61(33-41)51(63)47(39-13-5-1-6-14-39)59-25-9-3-10-26-59)49-55-31-43(57-49)37-21-17-35(18-22-37)36-19-23-38(24-20-36)44-32-56-50(58-44)46-30-42(54)34-62(46)52(64)48(40-15-7-2-8-16-40)60-27-11-4-12-28-60/h1-2,5-8,13-24,31-32,41-42,45-48H,3-4,9-12,25-30,33-34H2,(H,55,57)(H,56,58)/t41-,42-,45-,46-,47+,48+/m0/s1. The van der Waals surface area contributed by atoms with E-state index in [1.807, 2.05) is 84.9 Å². The summed E-state index contributed by atoms with van der Waals surface area (Å²) >= 11 is 0. The van der Waals surface area contributed by atoms with Gasteiger partial charge in [0, 0.05) is 12.8 Å². The first-order valence-corrected chi connectivity index (χ1v) is 23.2. The molecule has 0 aliphatic carbocycles. The summed E-state index contributed by atoms with van der Waals surface area (Å²) in [5.74, 6) is 1.06. The molecule has 330 valence electrons. The quantitative estimate of drug-likeness (QED) is 0.135. The molecule has 2 aromatic heterocycles. The number of carbonyl (C=O) groups excluding carboxylic acids is 2. The minimum atomic E-state index is -1.12. The van der Waals surface area contributed by atoms with Crippen LogP contribution in [-0.4, -0.2) is 103 Å². The molecule has 2 N–H and O–H groups in total. The molecule has 2 amide bonds. The molecule has 6 aromatic rings. The van der Waals surface area contributed by atoms with Crippen LogP contribution in [0.1, 0.15) is 98.3 Å². The third-order valence-electron chi connectivity index (χ3n) is 13.8. The second kappa shape index (κ2) is 18.6. The van der Waals surface area contributed by atoms with Crippen LogP contribution >= 0.6 is 0 Å². The Balaban J connectivity index is 0.818. The van der Waals surface area contributed by atoms with Gasteiger partial charge >= 0.3 is 0 Å². The number of nitrogens with one attached hydrogen (secondary N) is 2. The van der Waals surface area contributed by atoms with Gasteiger partial charge in [0.15, 0.2) is 0 Å². The van der Waals surface area contributed by atoms with Crippen LogP contribution in [0, 0.1) is 0 Å². The van der Waals surface area contributed by atoms with Crippen LogP contribution < -0.4 is 0 Å². The van der Waals surface area contributed by atoms with Crippen molar-refractivity contribution in [3.8, 4) is 33.6 Å². The summed E-state index contributed by atoms with van der Waals surface area (Å²) in [6.45, 7) is 3.50. The molecular weight excluding hydrogens is 807 g/mol. The average molecular weight is 863 g/mol. The summed E-state index contributed by atoms with van der Waals surface area (Å²) in [7, 11) is 0. The van der Waals surface area contributed by atoms with Crippen molar-refractivity contribution in [2.45, 2.75) is 87.9 Å². The summed E-state index contributed by atoms with van der Waals surface area (Å²) in [4.78, 5) is 53.0. The van der Waals surface area contributed by atoms with Crippen LogP contribution in [0.15, 0.2) is 122 Å². The topological polar surface area (TPSA) is 104 Å². The zero-order valence-corrected chi connectivity index (χ0v) is 36.2. The number of nitrogens with zero attached hydrogens (tertiary/aromatic N) is 6. The molecule has 0 radical (unpaired) electrons. The monoisotopic (exact) mass is 862 g/mol. The van der Waals surface area contributed by atoms with Gasteiger partial charge in [-0.05, 0) is 85.2 Å². The number of H-pyrrole nitrogens is 2. The van der Waals surface area contributed by atoms with E-state index in [2.05, 4.69) is 44.0 Å². The van der Waals surface area contributed by atoms with Crippen LogP contribution in [0.2, 0.25) is 0 Å². The molecule has 4 saturated heterocycles. The molecule has 0 bridgehead atoms. The van der Waals surface area contributed by atoms with Crippen LogP contribution in [-0.2, 0) is 9.59 Å². The van der Waals surface area contributed by atoms with Crippen molar-refractivity contribution in [2.75, 3.05) is 39.3 Å². The summed E-state index contributed by atoms with van der Waals surface area (Å²) in [6.07, 6.45) is 8.23. The number of imidazole rings is 2. The molecule has 4 aliphatic heterocycles. The first kappa shape index (κ1) is 42.0. The fraction of sp³-hybridized carbons (Fsp3) is 0.385. The SMILES string of the molecule is O=C([C@@H](c1ccccc1)N1CCCCC1)N1C[C@@H](F)C[C@H]1c1ncc(-c2ccc(-c3ccc(-c4cnc([C@@H]5C[C@H](F)CN5C(=O)[C@@H](c5ccccc5)N5CCCCC5)[nH]4)cc3)cc2)[nH]1. The van der Waals surface area contributed by atoms with E-state index >= 15 is 8.78 Å². The van der Waals surface area contributed by atoms with Crippen molar-refractivity contribution in [1.29, 1.82) is 0 Å². The van der Waals surface area contributed by atoms with Gasteiger partial charge in [0.2, 0.25) is 11.8 Å². The second-order valence-electron chi connectivity index (χ2n) is 18.0. The smallest absolute Gasteiger partial charge is 0.245 e. The van der Waals surface area contributed by atoms with E-state index in [0.29, 0.717) is 11.6 Å². The molecule has 64 heavy (non-hydrogen) atoms. The molecular formula is C52H56F2N8O2. The van der Waals surface area contributed by atoms with Crippen LogP contribution in [0.25, 0.3) is 33.6 Å². The third kappa shape index (κ3) is 8.65. The van der Waals surface area contributed by atoms with Gasteiger partial charge in [0.05, 0.1) is 49.0 Å². The van der Waals surface area contributed by atoms with E-state index in [9.17, 15) is 9.59 Å². The Morgan fingerprint density at radius 3 is 1.23 bits per heavy atom. The van der Waals surface area contributed by atoms with Gasteiger partial charge in [-0.2, -0.15) is 0 Å². The Hall–Kier alpha value is -5.98. The molecule has 0 unspecified atom stereocenters. The summed E-state index contributed by atoms with van der Waals surface area (Å²) in [5.41, 5.74) is 7.45. The first-order valence-electron chi connectivity index (χ1n) is 23.2. The highest BCUT2D eigenvalue weighted by molar-refractivity contribution is 5.85. The van der Waals surface area contributed by atoms with Gasteiger partial charge in [-0.15, -0.1) is 0 Å². The number of amides is 2. The van der Waals surface area contributed by atoms with E-state index in [0.717, 1.165) is 109 Å². The Kier molecular flexibility index (Phi) is 12.2. The van der Waals surface area contributed by atoms with Crippen molar-refractivity contribution in [2.24, 2.45) is 0 Å². The van der Waals surface area contributed by atoms with E-state index in [1.165, 1.54) is 0 Å². The van der Waals surface area contributed by atoms with E-state index in [-0.39, 0.29) is 37.7 Å². The maximum absolute atomic E-state index is 15.2. The Bertz CT molecular complexity index is 2320. The number of aromatic nitrogens is 4. The Morgan fingerprint density at radius 1 is 0.500 bits per heavy atom. The van der Waals surface area contributed by atoms with Crippen molar-refractivity contribution in [3.05, 3.63) is 144 Å². The molecule has 12 heteroatoms. The number of rotatable bonds is 11. The predicted octanol–water partition coefficient (Wildman–Crippen LogP) is 9.81. The maximum atomic E-state index is 15.2. The average Bonchev–Trinajstić information content (AvgIpc) is 4.18. The fourth-order valence-corrected chi connectivity index (χ4v) is 10.5. The number of alkyl halides is 2. The third-order valence-corrected chi connectivity index (χ3v) is 13.8. The van der Waals surface area contributed by atoms with Crippen molar-refractivity contribution in [3.63, 3.8) is 0 Å². The molecule has 0 saturated carbocycles. The van der Waals surface area contributed by atoms with Crippen molar-refractivity contribution < 1.29 is 18.4 Å². The lowest BCUT2D eigenvalue weighted by atomic mass is 10.00. The minimum Gasteiger partial charge on any atom is -0.340 e. The highest BCUT2D eigenvalue weighted by atomic mass is 19.1. The highest BCUT2D eigenvalue weighted by Crippen LogP contribution is 2.40. The van der Waals surface area contributed by atoms with Crippen LogP contribution in [0.4, 0.5) is 8.78 Å². The Morgan fingerprint density at radius 2 is 0.859 bits per heavy atom. The lowest BCUT2D eigenvalue weighted by molar-refractivity contribution is -0.139. The Labute approximate surface area is 373 Å². The first-order chi connectivity index (χ1) is 31.4. The number of aromatic amines is 2. The molecule has 4 fully saturated rings. The maximum Gasteiger partial charge on any atom is 0.245 e. The van der Waals surface area contributed by atoms with Gasteiger partial charge in [-0.3, -0.25) is 19.4 Å². The van der Waals surface area contributed by atoms with E-state index in [1.54, 1.807) is 22.2 Å². The number of halogens is 2. The number of hydrogen-bond donors (Lipinski definition) is 2. The van der Waals surface area contributed by atoms with E-state index in [4.69, 9.17) is 9.97 Å². The number of piperidine rings is 2. The van der Waals surface area contributed by atoms with E-state index < -0.39 is 36.5 Å². The largest absolute Gasteiger partial charge is 0.340 e. The van der Waals surface area contributed by atoms with Crippen LogP contribution in [0.5, 0.6) is 0 Å². The van der Waals surface area contributed by atoms with Gasteiger partial charge in [-0.1, -0.05) is 122 Å². The van der Waals surface area contributed by atoms with Gasteiger partial charge < -0.3 is 19.8 Å². The molecule has 4 aromatic carbocycles. The summed E-state index contributed by atoms with van der Waals surface area (Å²) in [6, 6.07) is 34.4. The number of carbonyl (C=O) groups is 2. The van der Waals surface area contributed by atoms with Gasteiger partial charge in [0.25, 0.3) is 0 Å². The second-order valence-corrected chi connectivity index (χ2v) is 18.0. The number of benzene rings is 4. The van der Waals surface area contributed by atoms with Crippen LogP contribution in [0.3, 0.4) is 0 Å². The lowest BCUT2D eigenvalue weighted by Crippen LogP contribution is -2.45. The summed E-state index contributed by atoms with van der Waals surface area (Å²) in [5, 5.41) is 0. The predicted molar refractivity (Wildman–Crippen MR) is 244 cm³/mol. The molecule has 6 atom stereocenters. The number of likely N-dealkylation sites (tertiary alicyclic amines) is 4. The van der Waals surface area contributed by atoms with Crippen molar-refractivity contribution in [1.82, 2.24) is 39.5 Å². The normalized spacial score (nSPS) is 23.0. The molecule has 10 nitrogen and oxygen atoms in total. The highest BCUT2D eigenvalue weighted by Gasteiger charge is 2.44.